The molecule has 0 aromatic rings. The third-order valence-corrected chi connectivity index (χ3v) is 8.41. The fourth-order valence-electron chi connectivity index (χ4n) is 6.98. The molecule has 146 valence electrons. The summed E-state index contributed by atoms with van der Waals surface area (Å²) < 4.78 is 0. The molecule has 0 aliphatic heterocycles. The number of Topliss-reactive ketones (excluding diaryl/α,β-unsaturated/α-hetero) is 2. The van der Waals surface area contributed by atoms with Crippen molar-refractivity contribution >= 4 is 44.6 Å². The number of hydrogen-bond acceptors (Lipinski definition) is 5. The Morgan fingerprint density at radius 2 is 1.89 bits per heavy atom. The fraction of sp³-hybridized carbons (Fsp3) is 0.762. The summed E-state index contributed by atoms with van der Waals surface area (Å²) in [5, 5.41) is 20.5. The number of hydrogen-bond donors (Lipinski definition) is 2. The van der Waals surface area contributed by atoms with Crippen LogP contribution in [0.25, 0.3) is 0 Å². The van der Waals surface area contributed by atoms with Crippen LogP contribution in [0.3, 0.4) is 0 Å². The number of aliphatic hydroxyl groups excluding tert-OH is 1. The number of carbonyl (C=O) groups is 3. The molecular weight excluding hydrogens is 539 g/mol. The molecule has 0 heterocycles. The van der Waals surface area contributed by atoms with E-state index in [1.807, 2.05) is 6.92 Å². The predicted octanol–water partition coefficient (Wildman–Crippen LogP) is 1.61. The van der Waals surface area contributed by atoms with Gasteiger partial charge in [-0.1, -0.05) is 19.4 Å². The van der Waals surface area contributed by atoms with Crippen molar-refractivity contribution in [2.45, 2.75) is 64.4 Å². The Balaban J connectivity index is 0.00000210. The van der Waals surface area contributed by atoms with Crippen LogP contribution in [0.1, 0.15) is 58.8 Å². The first-order valence-electron chi connectivity index (χ1n) is 9.80. The number of fused-ring (bicyclic) bond motifs is 5. The van der Waals surface area contributed by atoms with Crippen molar-refractivity contribution in [1.82, 2.24) is 0 Å². The third-order valence-electron chi connectivity index (χ3n) is 8.41. The van der Waals surface area contributed by atoms with Gasteiger partial charge in [-0.05, 0) is 55.4 Å². The predicted molar refractivity (Wildman–Crippen MR) is 99.9 cm³/mol. The zero-order valence-electron chi connectivity index (χ0n) is 16.1. The monoisotopic (exact) mass is 568 g/mol. The van der Waals surface area contributed by atoms with E-state index in [0.29, 0.717) is 25.7 Å². The zero-order valence-corrected chi connectivity index (χ0v) is 20.0. The Morgan fingerprint density at radius 1 is 1.19 bits per heavy atom. The normalized spacial score (nSPS) is 45.9. The number of carbonyl (C=O) groups excluding carboxylic acids is 3. The van der Waals surface area contributed by atoms with Gasteiger partial charge in [0.25, 0.3) is 0 Å². The van der Waals surface area contributed by atoms with Crippen LogP contribution >= 0.6 is 0 Å². The summed E-state index contributed by atoms with van der Waals surface area (Å²) in [5.74, 6) is -0.172. The number of rotatable bonds is 2. The van der Waals surface area contributed by atoms with Crippen LogP contribution in [0, 0.1) is 28.6 Å². The van der Waals surface area contributed by atoms with Crippen LogP contribution in [0.4, 0.5) is 0 Å². The Kier molecular flexibility index (Phi) is 5.39. The van der Waals surface area contributed by atoms with Crippen molar-refractivity contribution in [2.24, 2.45) is 28.6 Å². The van der Waals surface area contributed by atoms with Gasteiger partial charge in [0.15, 0.2) is 11.6 Å². The maximum atomic E-state index is 13.3. The van der Waals surface area contributed by atoms with E-state index < -0.39 is 23.4 Å². The molecule has 4 aliphatic rings. The molecule has 27 heavy (non-hydrogen) atoms. The van der Waals surface area contributed by atoms with Crippen LogP contribution < -0.4 is 0 Å². The van der Waals surface area contributed by atoms with Gasteiger partial charge in [-0.25, -0.2) is 0 Å². The van der Waals surface area contributed by atoms with E-state index in [4.69, 9.17) is 0 Å². The summed E-state index contributed by atoms with van der Waals surface area (Å²) in [7, 11) is 0. The maximum Gasteiger partial charge on any atom is 0.190 e. The van der Waals surface area contributed by atoms with Gasteiger partial charge in [-0.15, -0.1) is 0 Å². The molecule has 4 radical (unpaired) electrons. The minimum absolute atomic E-state index is 0. The van der Waals surface area contributed by atoms with Crippen LogP contribution in [0.2, 0.25) is 0 Å². The summed E-state index contributed by atoms with van der Waals surface area (Å²) in [6.45, 7) is 3.31. The molecule has 0 spiro atoms. The second kappa shape index (κ2) is 6.83. The molecule has 0 amide bonds. The Hall–Kier alpha value is -0.408. The van der Waals surface area contributed by atoms with Crippen molar-refractivity contribution in [3.05, 3.63) is 11.6 Å². The molecule has 4 rings (SSSR count). The van der Waals surface area contributed by atoms with Crippen LogP contribution in [-0.4, -0.2) is 67.1 Å². The summed E-state index contributed by atoms with van der Waals surface area (Å²) in [6.07, 6.45) is 5.83. The van der Waals surface area contributed by atoms with Crippen LogP contribution in [0.5, 0.6) is 0 Å². The molecule has 6 heteroatoms. The smallest absolute Gasteiger partial charge is 0.190 e. The van der Waals surface area contributed by atoms with E-state index in [1.165, 1.54) is 0 Å². The van der Waals surface area contributed by atoms with Crippen molar-refractivity contribution in [2.75, 3.05) is 6.61 Å². The quantitative estimate of drug-likeness (QED) is 0.495. The Morgan fingerprint density at radius 3 is 2.56 bits per heavy atom. The van der Waals surface area contributed by atoms with Gasteiger partial charge in [-0.3, -0.25) is 14.4 Å². The molecule has 2 N–H and O–H groups in total. The maximum absolute atomic E-state index is 13.3. The molecule has 0 aromatic carbocycles. The minimum Gasteiger partial charge on any atom is -0.388 e. The zero-order chi connectivity index (χ0) is 18.9. The number of ketones is 3. The Bertz CT molecular complexity index is 730. The molecule has 5 nitrogen and oxygen atoms in total. The fourth-order valence-corrected chi connectivity index (χ4v) is 6.98. The van der Waals surface area contributed by atoms with Crippen molar-refractivity contribution in [3.63, 3.8) is 0 Å². The van der Waals surface area contributed by atoms with Gasteiger partial charge >= 0.3 is 0 Å². The summed E-state index contributed by atoms with van der Waals surface area (Å²) in [5.41, 5.74) is -1.55. The summed E-state index contributed by atoms with van der Waals surface area (Å²) in [6, 6.07) is 0. The molecule has 0 saturated heterocycles. The van der Waals surface area contributed by atoms with Crippen molar-refractivity contribution < 1.29 is 24.6 Å². The van der Waals surface area contributed by atoms with E-state index in [2.05, 4.69) is 6.92 Å². The topological polar surface area (TPSA) is 91.7 Å². The number of aliphatic hydroxyl groups is 2. The summed E-state index contributed by atoms with van der Waals surface area (Å²) >= 11 is 0. The molecule has 4 aliphatic carbocycles. The SMILES string of the molecule is C[C@]12CCC(=O)C=C1CC[C@@H]1C3CC[C@](O)(C(=O)CO)[C@@]3(C)CC(=O)[C@H]12.[Pb]. The van der Waals surface area contributed by atoms with E-state index in [0.717, 1.165) is 18.4 Å². The standard InChI is InChI=1S/C21H28O5.Pb/c1-19-7-5-13(23)9-12(19)3-4-14-15-6-8-21(26,17(25)11-22)20(15,2)10-16(24)18(14)19;/h9,14-15,18,22,26H,3-8,10-11H2,1-2H3;/t14-,15?,18+,19+,20+,21+;/m1./s1. The van der Waals surface area contributed by atoms with E-state index in [-0.39, 0.29) is 68.5 Å². The summed E-state index contributed by atoms with van der Waals surface area (Å²) in [4.78, 5) is 37.5. The van der Waals surface area contributed by atoms with E-state index in [9.17, 15) is 24.6 Å². The molecule has 6 atom stereocenters. The van der Waals surface area contributed by atoms with Crippen LogP contribution in [-0.2, 0) is 14.4 Å². The van der Waals surface area contributed by atoms with Gasteiger partial charge in [0, 0.05) is 51.5 Å². The van der Waals surface area contributed by atoms with Gasteiger partial charge < -0.3 is 10.2 Å². The van der Waals surface area contributed by atoms with Gasteiger partial charge in [-0.2, -0.15) is 0 Å². The Labute approximate surface area is 180 Å². The molecule has 3 fully saturated rings. The first-order chi connectivity index (χ1) is 12.2. The first-order valence-corrected chi connectivity index (χ1v) is 9.80. The van der Waals surface area contributed by atoms with E-state index in [1.54, 1.807) is 6.08 Å². The van der Waals surface area contributed by atoms with Gasteiger partial charge in [0.1, 0.15) is 18.0 Å². The first kappa shape index (κ1) is 21.3. The third kappa shape index (κ3) is 2.70. The molecule has 1 unspecified atom stereocenters. The van der Waals surface area contributed by atoms with Crippen molar-refractivity contribution in [1.29, 1.82) is 0 Å². The number of allylic oxidation sites excluding steroid dienone is 1. The van der Waals surface area contributed by atoms with E-state index >= 15 is 0 Å². The molecular formula is C21H28O5Pb. The minimum atomic E-state index is -1.60. The van der Waals surface area contributed by atoms with Crippen LogP contribution in [0.15, 0.2) is 11.6 Å². The molecule has 0 bridgehead atoms. The largest absolute Gasteiger partial charge is 0.388 e. The molecule has 3 saturated carbocycles. The second-order valence-corrected chi connectivity index (χ2v) is 9.38. The second-order valence-electron chi connectivity index (χ2n) is 9.38. The van der Waals surface area contributed by atoms with Gasteiger partial charge in [0.2, 0.25) is 0 Å². The average molecular weight is 568 g/mol. The van der Waals surface area contributed by atoms with Crippen molar-refractivity contribution in [3.8, 4) is 0 Å². The molecule has 0 aromatic heterocycles. The average Bonchev–Trinajstić information content (AvgIpc) is 2.86. The van der Waals surface area contributed by atoms with Gasteiger partial charge in [0.05, 0.1) is 0 Å².